The summed E-state index contributed by atoms with van der Waals surface area (Å²) in [6.07, 6.45) is 4.05. The van der Waals surface area contributed by atoms with Crippen molar-refractivity contribution in [3.05, 3.63) is 34.9 Å². The van der Waals surface area contributed by atoms with Crippen molar-refractivity contribution in [1.29, 1.82) is 0 Å². The molecule has 0 radical (unpaired) electrons. The molecule has 6 heteroatoms. The van der Waals surface area contributed by atoms with Crippen LogP contribution in [0.15, 0.2) is 28.8 Å². The first-order chi connectivity index (χ1) is 11.6. The monoisotopic (exact) mass is 327 g/mol. The third kappa shape index (κ3) is 3.32. The Bertz CT molecular complexity index is 731. The van der Waals surface area contributed by atoms with E-state index >= 15 is 0 Å². The fraction of sp³-hybridized carbons (Fsp3) is 0.389. The molecule has 2 N–H and O–H groups in total. The summed E-state index contributed by atoms with van der Waals surface area (Å²) >= 11 is 0. The van der Waals surface area contributed by atoms with Crippen LogP contribution in [0.1, 0.15) is 42.1 Å². The zero-order valence-corrected chi connectivity index (χ0v) is 13.7. The number of benzene rings is 1. The highest BCUT2D eigenvalue weighted by Gasteiger charge is 2.22. The Kier molecular flexibility index (Phi) is 4.64. The number of nitrogens with zero attached hydrogens (tertiary/aromatic N) is 2. The summed E-state index contributed by atoms with van der Waals surface area (Å²) in [5, 5.41) is 0. The van der Waals surface area contributed by atoms with Crippen molar-refractivity contribution in [3.63, 3.8) is 0 Å². The summed E-state index contributed by atoms with van der Waals surface area (Å²) in [4.78, 5) is 30.8. The van der Waals surface area contributed by atoms with Gasteiger partial charge < -0.3 is 15.4 Å². The van der Waals surface area contributed by atoms with Crippen LogP contribution >= 0.6 is 0 Å². The van der Waals surface area contributed by atoms with Gasteiger partial charge in [-0.2, -0.15) is 0 Å². The van der Waals surface area contributed by atoms with Gasteiger partial charge in [0, 0.05) is 36.2 Å². The molecule has 0 aliphatic carbocycles. The maximum atomic E-state index is 12.6. The van der Waals surface area contributed by atoms with Crippen molar-refractivity contribution in [1.82, 2.24) is 4.90 Å². The highest BCUT2D eigenvalue weighted by atomic mass is 16.5. The van der Waals surface area contributed by atoms with E-state index in [1.54, 1.807) is 31.2 Å². The number of amides is 1. The van der Waals surface area contributed by atoms with Crippen molar-refractivity contribution in [3.8, 4) is 0 Å². The van der Waals surface area contributed by atoms with Gasteiger partial charge in [0.2, 0.25) is 0 Å². The number of likely N-dealkylation sites (tertiary alicyclic amines) is 1. The van der Waals surface area contributed by atoms with Gasteiger partial charge in [-0.25, -0.2) is 9.79 Å². The summed E-state index contributed by atoms with van der Waals surface area (Å²) in [5.74, 6) is -0.0333. The summed E-state index contributed by atoms with van der Waals surface area (Å²) in [7, 11) is 0. The minimum absolute atomic E-state index is 0.0163. The van der Waals surface area contributed by atoms with Gasteiger partial charge in [-0.05, 0) is 44.0 Å². The van der Waals surface area contributed by atoms with Crippen LogP contribution in [0.2, 0.25) is 0 Å². The van der Waals surface area contributed by atoms with Gasteiger partial charge in [0.05, 0.1) is 12.3 Å². The quantitative estimate of drug-likeness (QED) is 0.863. The molecular weight excluding hydrogens is 306 g/mol. The van der Waals surface area contributed by atoms with Crippen molar-refractivity contribution >= 4 is 29.5 Å². The fourth-order valence-electron chi connectivity index (χ4n) is 2.99. The molecule has 3 rings (SSSR count). The largest absolute Gasteiger partial charge is 0.463 e. The summed E-state index contributed by atoms with van der Waals surface area (Å²) in [6.45, 7) is 3.65. The maximum absolute atomic E-state index is 12.6. The van der Waals surface area contributed by atoms with Gasteiger partial charge in [-0.15, -0.1) is 0 Å². The molecule has 1 saturated heterocycles. The zero-order valence-electron chi connectivity index (χ0n) is 13.7. The topological polar surface area (TPSA) is 85.0 Å². The lowest BCUT2D eigenvalue weighted by Crippen LogP contribution is -2.27. The molecule has 1 aromatic carbocycles. The van der Waals surface area contributed by atoms with Crippen molar-refractivity contribution < 1.29 is 14.3 Å². The SMILES string of the molecule is CCOC(=O)C1=Cc2cc(C(=O)N3CCCC3)ccc2N=C(N)C1. The number of rotatable bonds is 3. The number of amidine groups is 1. The van der Waals surface area contributed by atoms with E-state index in [0.717, 1.165) is 25.9 Å². The number of aliphatic imine (C=N–C) groups is 1. The summed E-state index contributed by atoms with van der Waals surface area (Å²) < 4.78 is 5.07. The Morgan fingerprint density at radius 3 is 2.75 bits per heavy atom. The molecule has 2 heterocycles. The van der Waals surface area contributed by atoms with Crippen LogP contribution in [0, 0.1) is 0 Å². The Balaban J connectivity index is 1.96. The molecule has 0 saturated carbocycles. The molecule has 1 fully saturated rings. The molecule has 2 aliphatic rings. The van der Waals surface area contributed by atoms with Crippen LogP contribution in [0.25, 0.3) is 6.08 Å². The molecule has 0 atom stereocenters. The van der Waals surface area contributed by atoms with Gasteiger partial charge in [-0.1, -0.05) is 0 Å². The Morgan fingerprint density at radius 1 is 1.29 bits per heavy atom. The number of hydrogen-bond donors (Lipinski definition) is 1. The Labute approximate surface area is 141 Å². The number of hydrogen-bond acceptors (Lipinski definition) is 5. The fourth-order valence-corrected chi connectivity index (χ4v) is 2.99. The maximum Gasteiger partial charge on any atom is 0.334 e. The first-order valence-corrected chi connectivity index (χ1v) is 8.22. The lowest BCUT2D eigenvalue weighted by molar-refractivity contribution is -0.138. The second kappa shape index (κ2) is 6.86. The second-order valence-electron chi connectivity index (χ2n) is 5.94. The third-order valence-electron chi connectivity index (χ3n) is 4.17. The molecular formula is C18H21N3O3. The predicted molar refractivity (Wildman–Crippen MR) is 92.1 cm³/mol. The number of nitrogens with two attached hydrogens (primary N) is 1. The average Bonchev–Trinajstić information content (AvgIpc) is 3.04. The number of carbonyl (C=O) groups is 2. The smallest absolute Gasteiger partial charge is 0.334 e. The first kappa shape index (κ1) is 16.2. The van der Waals surface area contributed by atoms with E-state index in [0.29, 0.717) is 34.8 Å². The highest BCUT2D eigenvalue weighted by Crippen LogP contribution is 2.28. The molecule has 0 spiro atoms. The van der Waals surface area contributed by atoms with E-state index in [1.165, 1.54) is 0 Å². The van der Waals surface area contributed by atoms with Gasteiger partial charge in [0.1, 0.15) is 5.84 Å². The van der Waals surface area contributed by atoms with E-state index < -0.39 is 5.97 Å². The summed E-state index contributed by atoms with van der Waals surface area (Å²) in [6, 6.07) is 5.31. The lowest BCUT2D eigenvalue weighted by Gasteiger charge is -2.15. The Hall–Kier alpha value is -2.63. The normalized spacial score (nSPS) is 16.8. The van der Waals surface area contributed by atoms with E-state index in [1.807, 2.05) is 4.90 Å². The number of carbonyl (C=O) groups excluding carboxylic acids is 2. The van der Waals surface area contributed by atoms with Gasteiger partial charge in [0.25, 0.3) is 5.91 Å². The molecule has 0 bridgehead atoms. The molecule has 0 aromatic heterocycles. The van der Waals surface area contributed by atoms with Crippen LogP contribution in [0.3, 0.4) is 0 Å². The van der Waals surface area contributed by atoms with E-state index in [-0.39, 0.29) is 12.3 Å². The number of fused-ring (bicyclic) bond motifs is 1. The zero-order chi connectivity index (χ0) is 17.1. The third-order valence-corrected chi connectivity index (χ3v) is 4.17. The molecule has 1 amide bonds. The van der Waals surface area contributed by atoms with E-state index in [4.69, 9.17) is 10.5 Å². The van der Waals surface area contributed by atoms with Gasteiger partial charge in [-0.3, -0.25) is 4.79 Å². The van der Waals surface area contributed by atoms with Crippen molar-refractivity contribution in [2.24, 2.45) is 10.7 Å². The van der Waals surface area contributed by atoms with Gasteiger partial charge >= 0.3 is 5.97 Å². The van der Waals surface area contributed by atoms with Crippen LogP contribution in [0.4, 0.5) is 5.69 Å². The Morgan fingerprint density at radius 2 is 2.04 bits per heavy atom. The molecule has 126 valence electrons. The predicted octanol–water partition coefficient (Wildman–Crippen LogP) is 2.26. The summed E-state index contributed by atoms with van der Waals surface area (Å²) in [5.41, 5.74) is 8.32. The van der Waals surface area contributed by atoms with Crippen LogP contribution < -0.4 is 5.73 Å². The molecule has 24 heavy (non-hydrogen) atoms. The van der Waals surface area contributed by atoms with E-state index in [2.05, 4.69) is 4.99 Å². The standard InChI is InChI=1S/C18H21N3O3/c1-2-24-18(23)14-10-13-9-12(17(22)21-7-3-4-8-21)5-6-15(13)20-16(19)11-14/h5-6,9-10H,2-4,7-8,11H2,1H3,(H2,19,20). The van der Waals surface area contributed by atoms with Crippen LogP contribution in [-0.4, -0.2) is 42.3 Å². The molecule has 6 nitrogen and oxygen atoms in total. The molecule has 0 unspecified atom stereocenters. The number of esters is 1. The van der Waals surface area contributed by atoms with Crippen molar-refractivity contribution in [2.75, 3.05) is 19.7 Å². The molecule has 2 aliphatic heterocycles. The van der Waals surface area contributed by atoms with Crippen LogP contribution in [-0.2, 0) is 9.53 Å². The van der Waals surface area contributed by atoms with Gasteiger partial charge in [0.15, 0.2) is 0 Å². The minimum atomic E-state index is -0.403. The lowest BCUT2D eigenvalue weighted by atomic mass is 10.0. The van der Waals surface area contributed by atoms with Crippen LogP contribution in [0.5, 0.6) is 0 Å². The first-order valence-electron chi connectivity index (χ1n) is 8.22. The van der Waals surface area contributed by atoms with Crippen molar-refractivity contribution in [2.45, 2.75) is 26.2 Å². The van der Waals surface area contributed by atoms with E-state index in [9.17, 15) is 9.59 Å². The second-order valence-corrected chi connectivity index (χ2v) is 5.94. The average molecular weight is 327 g/mol. The minimum Gasteiger partial charge on any atom is -0.463 e. The molecule has 1 aromatic rings. The number of ether oxygens (including phenoxy) is 1. The highest BCUT2D eigenvalue weighted by molar-refractivity contribution is 6.04.